The molecule has 4 nitrogen and oxygen atoms in total. The number of carbonyl (C=O) groups is 2. The number of phenolic OH excluding ortho intramolecular Hbond substituents is 1. The van der Waals surface area contributed by atoms with Gasteiger partial charge in [-0.1, -0.05) is 11.6 Å². The van der Waals surface area contributed by atoms with Gasteiger partial charge in [-0.25, -0.2) is 0 Å². The molecule has 1 aromatic carbocycles. The smallest absolute Gasteiger partial charge is 0.250 e. The van der Waals surface area contributed by atoms with Crippen LogP contribution in [0.1, 0.15) is 20.7 Å². The zero-order valence-corrected chi connectivity index (χ0v) is 7.21. The van der Waals surface area contributed by atoms with E-state index < -0.39 is 5.91 Å². The molecule has 0 spiro atoms. The molecule has 68 valence electrons. The molecule has 0 unspecified atom stereocenters. The van der Waals surface area contributed by atoms with Crippen LogP contribution in [0, 0.1) is 0 Å². The first-order valence-electron chi connectivity index (χ1n) is 3.33. The number of hydrogen-bond acceptors (Lipinski definition) is 3. The number of hydrogen-bond donors (Lipinski definition) is 2. The van der Waals surface area contributed by atoms with Gasteiger partial charge in [-0.15, -0.1) is 0 Å². The van der Waals surface area contributed by atoms with E-state index in [9.17, 15) is 9.59 Å². The van der Waals surface area contributed by atoms with Crippen LogP contribution in [-0.4, -0.2) is 17.3 Å². The number of phenols is 1. The maximum atomic E-state index is 10.7. The molecule has 0 aromatic heterocycles. The Balaban J connectivity index is 3.38. The summed E-state index contributed by atoms with van der Waals surface area (Å²) in [6, 6.07) is 2.25. The summed E-state index contributed by atoms with van der Waals surface area (Å²) in [7, 11) is 0. The second-order valence-corrected chi connectivity index (χ2v) is 2.78. The average molecular weight is 200 g/mol. The molecule has 0 radical (unpaired) electrons. The van der Waals surface area contributed by atoms with Gasteiger partial charge in [0.1, 0.15) is 5.75 Å². The number of primary amides is 1. The Morgan fingerprint density at radius 1 is 1.54 bits per heavy atom. The van der Waals surface area contributed by atoms with E-state index in [1.165, 1.54) is 0 Å². The van der Waals surface area contributed by atoms with Crippen molar-refractivity contribution in [1.29, 1.82) is 0 Å². The van der Waals surface area contributed by atoms with Crippen LogP contribution in [0.2, 0.25) is 5.02 Å². The van der Waals surface area contributed by atoms with Crippen LogP contribution >= 0.6 is 11.6 Å². The molecule has 0 heterocycles. The summed E-state index contributed by atoms with van der Waals surface area (Å²) in [5.41, 5.74) is 4.97. The van der Waals surface area contributed by atoms with Gasteiger partial charge in [0.05, 0.1) is 16.1 Å². The molecule has 1 rings (SSSR count). The Morgan fingerprint density at radius 3 is 2.62 bits per heavy atom. The van der Waals surface area contributed by atoms with E-state index in [4.69, 9.17) is 22.4 Å². The number of nitrogens with two attached hydrogens (primary N) is 1. The lowest BCUT2D eigenvalue weighted by molar-refractivity contribution is 0.100. The molecular weight excluding hydrogens is 194 g/mol. The van der Waals surface area contributed by atoms with Gasteiger partial charge in [0.2, 0.25) is 5.91 Å². The number of benzene rings is 1. The van der Waals surface area contributed by atoms with Crippen molar-refractivity contribution >= 4 is 23.8 Å². The normalized spacial score (nSPS) is 9.62. The summed E-state index contributed by atoms with van der Waals surface area (Å²) >= 11 is 5.58. The Hall–Kier alpha value is -1.55. The minimum Gasteiger partial charge on any atom is -0.507 e. The van der Waals surface area contributed by atoms with Crippen LogP contribution in [0.3, 0.4) is 0 Å². The van der Waals surface area contributed by atoms with Gasteiger partial charge >= 0.3 is 0 Å². The highest BCUT2D eigenvalue weighted by molar-refractivity contribution is 6.34. The Morgan fingerprint density at radius 2 is 2.15 bits per heavy atom. The van der Waals surface area contributed by atoms with Crippen molar-refractivity contribution in [2.24, 2.45) is 5.73 Å². The monoisotopic (exact) mass is 199 g/mol. The summed E-state index contributed by atoms with van der Waals surface area (Å²) in [4.78, 5) is 21.1. The van der Waals surface area contributed by atoms with Gasteiger partial charge in [0, 0.05) is 6.07 Å². The summed E-state index contributed by atoms with van der Waals surface area (Å²) < 4.78 is 0. The number of halogens is 1. The van der Waals surface area contributed by atoms with Crippen LogP contribution in [0.4, 0.5) is 0 Å². The molecule has 3 N–H and O–H groups in total. The van der Waals surface area contributed by atoms with Crippen LogP contribution in [0.15, 0.2) is 12.1 Å². The third-order valence-corrected chi connectivity index (χ3v) is 1.82. The van der Waals surface area contributed by atoms with Crippen molar-refractivity contribution in [1.82, 2.24) is 0 Å². The maximum absolute atomic E-state index is 10.7. The lowest BCUT2D eigenvalue weighted by atomic mass is 10.1. The summed E-state index contributed by atoms with van der Waals surface area (Å²) in [6.07, 6.45) is 0.415. The first-order valence-corrected chi connectivity index (χ1v) is 3.71. The molecule has 0 aliphatic heterocycles. The number of amides is 1. The fourth-order valence-electron chi connectivity index (χ4n) is 0.863. The second kappa shape index (κ2) is 3.45. The average Bonchev–Trinajstić information content (AvgIpc) is 2.03. The fraction of sp³-hybridized carbons (Fsp3) is 0. The highest BCUT2D eigenvalue weighted by atomic mass is 35.5. The number of aldehydes is 1. The van der Waals surface area contributed by atoms with E-state index in [1.54, 1.807) is 0 Å². The summed E-state index contributed by atoms with van der Waals surface area (Å²) in [6.45, 7) is 0. The lowest BCUT2D eigenvalue weighted by Crippen LogP contribution is -2.11. The highest BCUT2D eigenvalue weighted by Gasteiger charge is 2.10. The van der Waals surface area contributed by atoms with E-state index in [-0.39, 0.29) is 21.9 Å². The van der Waals surface area contributed by atoms with Crippen LogP contribution in [0.5, 0.6) is 5.75 Å². The molecule has 0 aliphatic carbocycles. The SMILES string of the molecule is NC(=O)c1cc(C=O)c(O)cc1Cl. The quantitative estimate of drug-likeness (QED) is 0.696. The maximum Gasteiger partial charge on any atom is 0.250 e. The van der Waals surface area contributed by atoms with E-state index in [0.717, 1.165) is 12.1 Å². The van der Waals surface area contributed by atoms with Gasteiger partial charge in [0.15, 0.2) is 6.29 Å². The molecular formula is C8H6ClNO3. The van der Waals surface area contributed by atoms with Crippen LogP contribution < -0.4 is 5.73 Å². The first kappa shape index (κ1) is 9.54. The Labute approximate surface area is 78.9 Å². The van der Waals surface area contributed by atoms with Crippen molar-refractivity contribution in [3.63, 3.8) is 0 Å². The standard InChI is InChI=1S/C8H6ClNO3/c9-6-2-7(12)4(3-11)1-5(6)8(10)13/h1-3,12H,(H2,10,13). The van der Waals surface area contributed by atoms with Crippen LogP contribution in [0.25, 0.3) is 0 Å². The summed E-state index contributed by atoms with van der Waals surface area (Å²) in [5.74, 6) is -1.02. The zero-order valence-electron chi connectivity index (χ0n) is 6.45. The Kier molecular flexibility index (Phi) is 2.53. The van der Waals surface area contributed by atoms with E-state index in [2.05, 4.69) is 0 Å². The summed E-state index contributed by atoms with van der Waals surface area (Å²) in [5, 5.41) is 9.15. The lowest BCUT2D eigenvalue weighted by Gasteiger charge is -2.02. The van der Waals surface area contributed by atoms with Gasteiger partial charge in [0.25, 0.3) is 0 Å². The molecule has 0 aliphatic rings. The van der Waals surface area contributed by atoms with Crippen LogP contribution in [-0.2, 0) is 0 Å². The van der Waals surface area contributed by atoms with E-state index in [0.29, 0.717) is 6.29 Å². The highest BCUT2D eigenvalue weighted by Crippen LogP contribution is 2.24. The fourth-order valence-corrected chi connectivity index (χ4v) is 1.11. The van der Waals surface area contributed by atoms with E-state index >= 15 is 0 Å². The number of carbonyl (C=O) groups excluding carboxylic acids is 2. The van der Waals surface area contributed by atoms with Gasteiger partial charge in [-0.05, 0) is 6.07 Å². The molecule has 0 atom stereocenters. The van der Waals surface area contributed by atoms with Crippen molar-refractivity contribution in [3.05, 3.63) is 28.3 Å². The minimum absolute atomic E-state index is 0.0153. The predicted octanol–water partition coefficient (Wildman–Crippen LogP) is 0.957. The number of rotatable bonds is 2. The molecule has 0 bridgehead atoms. The van der Waals surface area contributed by atoms with Gasteiger partial charge < -0.3 is 10.8 Å². The second-order valence-electron chi connectivity index (χ2n) is 2.37. The number of aromatic hydroxyl groups is 1. The van der Waals surface area contributed by atoms with Crippen molar-refractivity contribution in [2.45, 2.75) is 0 Å². The van der Waals surface area contributed by atoms with E-state index in [1.807, 2.05) is 0 Å². The van der Waals surface area contributed by atoms with Gasteiger partial charge in [-0.2, -0.15) is 0 Å². The van der Waals surface area contributed by atoms with Crippen molar-refractivity contribution < 1.29 is 14.7 Å². The molecule has 1 aromatic rings. The molecule has 0 saturated carbocycles. The molecule has 0 saturated heterocycles. The largest absolute Gasteiger partial charge is 0.507 e. The minimum atomic E-state index is -0.742. The van der Waals surface area contributed by atoms with Crippen molar-refractivity contribution in [2.75, 3.05) is 0 Å². The Bertz CT molecular complexity index is 376. The molecule has 1 amide bonds. The molecule has 13 heavy (non-hydrogen) atoms. The molecule has 5 heteroatoms. The molecule has 0 fully saturated rings. The predicted molar refractivity (Wildman–Crippen MR) is 47.0 cm³/mol. The third-order valence-electron chi connectivity index (χ3n) is 1.51. The topological polar surface area (TPSA) is 80.4 Å². The third kappa shape index (κ3) is 1.78. The van der Waals surface area contributed by atoms with Crippen molar-refractivity contribution in [3.8, 4) is 5.75 Å². The zero-order chi connectivity index (χ0) is 10.0. The first-order chi connectivity index (χ1) is 6.06. The van der Waals surface area contributed by atoms with Gasteiger partial charge in [-0.3, -0.25) is 9.59 Å².